The summed E-state index contributed by atoms with van der Waals surface area (Å²) in [6.45, 7) is 4.69. The summed E-state index contributed by atoms with van der Waals surface area (Å²) in [5.41, 5.74) is 0.626. The molecular formula is C12H15NO2. The van der Waals surface area contributed by atoms with Crippen LogP contribution < -0.4 is 10.1 Å². The second kappa shape index (κ2) is 3.93. The summed E-state index contributed by atoms with van der Waals surface area (Å²) >= 11 is 0. The molecule has 0 aliphatic carbocycles. The van der Waals surface area contributed by atoms with Gasteiger partial charge in [0.25, 0.3) is 5.91 Å². The maximum Gasteiger partial charge on any atom is 0.255 e. The van der Waals surface area contributed by atoms with Crippen LogP contribution in [0.2, 0.25) is 0 Å². The number of carbonyl (C=O) groups excluding carboxylic acids is 1. The number of ether oxygens (including phenoxy) is 1. The minimum Gasteiger partial charge on any atom is -0.491 e. The van der Waals surface area contributed by atoms with Gasteiger partial charge in [-0.25, -0.2) is 0 Å². The Labute approximate surface area is 89.4 Å². The molecule has 1 aromatic rings. The van der Waals surface area contributed by atoms with E-state index >= 15 is 0 Å². The molecule has 2 rings (SSSR count). The summed E-state index contributed by atoms with van der Waals surface area (Å²) in [5, 5.41) is 2.97. The third kappa shape index (κ3) is 1.96. The molecule has 0 saturated heterocycles. The van der Waals surface area contributed by atoms with Gasteiger partial charge in [0.05, 0.1) is 11.6 Å². The largest absolute Gasteiger partial charge is 0.491 e. The lowest BCUT2D eigenvalue weighted by Crippen LogP contribution is -2.40. The van der Waals surface area contributed by atoms with Gasteiger partial charge < -0.3 is 10.1 Å². The normalized spacial score (nSPS) is 20.2. The number of para-hydroxylation sites is 1. The van der Waals surface area contributed by atoms with Gasteiger partial charge in [-0.15, -0.1) is 0 Å². The highest BCUT2D eigenvalue weighted by Gasteiger charge is 2.23. The van der Waals surface area contributed by atoms with Crippen LogP contribution in [0.5, 0.6) is 5.75 Å². The van der Waals surface area contributed by atoms with Crippen LogP contribution >= 0.6 is 0 Å². The fraction of sp³-hybridized carbons (Fsp3) is 0.417. The Balaban J connectivity index is 2.28. The predicted octanol–water partition coefficient (Wildman–Crippen LogP) is 1.83. The SMILES string of the molecule is CC(C)[C@H]1COc2ccccc2C(=O)N1. The van der Waals surface area contributed by atoms with Gasteiger partial charge >= 0.3 is 0 Å². The zero-order valence-corrected chi connectivity index (χ0v) is 8.99. The molecule has 1 aliphatic heterocycles. The Morgan fingerprint density at radius 1 is 1.40 bits per heavy atom. The molecule has 1 heterocycles. The quantitative estimate of drug-likeness (QED) is 0.759. The second-order valence-corrected chi connectivity index (χ2v) is 4.13. The van der Waals surface area contributed by atoms with E-state index in [1.54, 1.807) is 6.07 Å². The fourth-order valence-electron chi connectivity index (χ4n) is 1.61. The average Bonchev–Trinajstić information content (AvgIpc) is 2.39. The lowest BCUT2D eigenvalue weighted by atomic mass is 10.1. The number of carbonyl (C=O) groups is 1. The molecule has 0 aromatic heterocycles. The van der Waals surface area contributed by atoms with Crippen molar-refractivity contribution in [3.63, 3.8) is 0 Å². The number of nitrogens with one attached hydrogen (secondary N) is 1. The summed E-state index contributed by atoms with van der Waals surface area (Å²) in [6, 6.07) is 7.43. The van der Waals surface area contributed by atoms with Gasteiger partial charge in [-0.05, 0) is 18.1 Å². The second-order valence-electron chi connectivity index (χ2n) is 4.13. The summed E-state index contributed by atoms with van der Waals surface area (Å²) in [4.78, 5) is 11.8. The van der Waals surface area contributed by atoms with Crippen molar-refractivity contribution in [2.75, 3.05) is 6.61 Å². The van der Waals surface area contributed by atoms with E-state index < -0.39 is 0 Å². The molecule has 15 heavy (non-hydrogen) atoms. The highest BCUT2D eigenvalue weighted by Crippen LogP contribution is 2.21. The van der Waals surface area contributed by atoms with Crippen molar-refractivity contribution < 1.29 is 9.53 Å². The van der Waals surface area contributed by atoms with E-state index in [9.17, 15) is 4.79 Å². The Morgan fingerprint density at radius 2 is 2.13 bits per heavy atom. The smallest absolute Gasteiger partial charge is 0.255 e. The van der Waals surface area contributed by atoms with E-state index in [-0.39, 0.29) is 11.9 Å². The summed E-state index contributed by atoms with van der Waals surface area (Å²) in [5.74, 6) is 1.02. The Bertz CT molecular complexity index is 374. The molecule has 3 nitrogen and oxygen atoms in total. The maximum absolute atomic E-state index is 11.8. The minimum absolute atomic E-state index is 0.0400. The molecule has 80 valence electrons. The van der Waals surface area contributed by atoms with Crippen LogP contribution in [0, 0.1) is 5.92 Å². The van der Waals surface area contributed by atoms with Crippen molar-refractivity contribution in [1.82, 2.24) is 5.32 Å². The van der Waals surface area contributed by atoms with Crippen LogP contribution in [0.15, 0.2) is 24.3 Å². The Hall–Kier alpha value is -1.51. The van der Waals surface area contributed by atoms with E-state index in [0.29, 0.717) is 23.8 Å². The van der Waals surface area contributed by atoms with Crippen LogP contribution in [0.1, 0.15) is 24.2 Å². The van der Waals surface area contributed by atoms with Gasteiger partial charge in [-0.3, -0.25) is 4.79 Å². The van der Waals surface area contributed by atoms with Gasteiger partial charge in [0, 0.05) is 0 Å². The number of amides is 1. The Morgan fingerprint density at radius 3 is 2.87 bits per heavy atom. The number of benzene rings is 1. The lowest BCUT2D eigenvalue weighted by molar-refractivity contribution is 0.0926. The van der Waals surface area contributed by atoms with Crippen molar-refractivity contribution in [2.24, 2.45) is 5.92 Å². The van der Waals surface area contributed by atoms with E-state index in [1.165, 1.54) is 0 Å². The van der Waals surface area contributed by atoms with Crippen LogP contribution in [-0.2, 0) is 0 Å². The third-order valence-corrected chi connectivity index (χ3v) is 2.67. The first-order valence-corrected chi connectivity index (χ1v) is 5.21. The number of hydrogen-bond acceptors (Lipinski definition) is 2. The molecular weight excluding hydrogens is 190 g/mol. The zero-order valence-electron chi connectivity index (χ0n) is 8.99. The highest BCUT2D eigenvalue weighted by molar-refractivity contribution is 5.97. The third-order valence-electron chi connectivity index (χ3n) is 2.67. The van der Waals surface area contributed by atoms with Crippen molar-refractivity contribution >= 4 is 5.91 Å². The van der Waals surface area contributed by atoms with Crippen molar-refractivity contribution in [1.29, 1.82) is 0 Å². The molecule has 0 radical (unpaired) electrons. The molecule has 0 spiro atoms. The van der Waals surface area contributed by atoms with Crippen molar-refractivity contribution in [3.05, 3.63) is 29.8 Å². The minimum atomic E-state index is -0.0400. The average molecular weight is 205 g/mol. The van der Waals surface area contributed by atoms with Crippen LogP contribution in [-0.4, -0.2) is 18.6 Å². The topological polar surface area (TPSA) is 38.3 Å². The molecule has 1 aromatic carbocycles. The summed E-state index contributed by atoms with van der Waals surface area (Å²) in [7, 11) is 0. The molecule has 1 atom stereocenters. The van der Waals surface area contributed by atoms with Crippen molar-refractivity contribution in [3.8, 4) is 5.75 Å². The van der Waals surface area contributed by atoms with Gasteiger partial charge in [-0.2, -0.15) is 0 Å². The first-order chi connectivity index (χ1) is 7.18. The standard InChI is InChI=1S/C12H15NO2/c1-8(2)10-7-15-11-6-4-3-5-9(11)12(14)13-10/h3-6,8,10H,7H2,1-2H3,(H,13,14)/t10-/m1/s1. The van der Waals surface area contributed by atoms with E-state index in [0.717, 1.165) is 0 Å². The molecule has 0 unspecified atom stereocenters. The van der Waals surface area contributed by atoms with Crippen molar-refractivity contribution in [2.45, 2.75) is 19.9 Å². The Kier molecular flexibility index (Phi) is 2.62. The molecule has 3 heteroatoms. The van der Waals surface area contributed by atoms with Gasteiger partial charge in [0.1, 0.15) is 12.4 Å². The molecule has 1 aliphatic rings. The van der Waals surface area contributed by atoms with E-state index in [2.05, 4.69) is 19.2 Å². The lowest BCUT2D eigenvalue weighted by Gasteiger charge is -2.18. The zero-order chi connectivity index (χ0) is 10.8. The summed E-state index contributed by atoms with van der Waals surface area (Å²) in [6.07, 6.45) is 0. The van der Waals surface area contributed by atoms with E-state index in [4.69, 9.17) is 4.74 Å². The number of hydrogen-bond donors (Lipinski definition) is 1. The molecule has 1 N–H and O–H groups in total. The monoisotopic (exact) mass is 205 g/mol. The van der Waals surface area contributed by atoms with Crippen LogP contribution in [0.3, 0.4) is 0 Å². The number of fused-ring (bicyclic) bond motifs is 1. The predicted molar refractivity (Wildman–Crippen MR) is 58.0 cm³/mol. The summed E-state index contributed by atoms with van der Waals surface area (Å²) < 4.78 is 5.61. The fourth-order valence-corrected chi connectivity index (χ4v) is 1.61. The van der Waals surface area contributed by atoms with Gasteiger partial charge in [0.15, 0.2) is 0 Å². The molecule has 0 fully saturated rings. The highest BCUT2D eigenvalue weighted by atomic mass is 16.5. The van der Waals surface area contributed by atoms with Crippen LogP contribution in [0.4, 0.5) is 0 Å². The first-order valence-electron chi connectivity index (χ1n) is 5.21. The molecule has 1 amide bonds. The van der Waals surface area contributed by atoms with Gasteiger partial charge in [0.2, 0.25) is 0 Å². The van der Waals surface area contributed by atoms with E-state index in [1.807, 2.05) is 18.2 Å². The van der Waals surface area contributed by atoms with Gasteiger partial charge in [-0.1, -0.05) is 26.0 Å². The first kappa shape index (κ1) is 10.0. The molecule has 0 saturated carbocycles. The molecule has 0 bridgehead atoms. The number of rotatable bonds is 1. The van der Waals surface area contributed by atoms with Crippen LogP contribution in [0.25, 0.3) is 0 Å². The maximum atomic E-state index is 11.8.